The van der Waals surface area contributed by atoms with Gasteiger partial charge in [-0.05, 0) is 49.3 Å². The molecule has 0 amide bonds. The van der Waals surface area contributed by atoms with Crippen molar-refractivity contribution in [3.05, 3.63) is 72.0 Å². The number of hydrogen-bond donors (Lipinski definition) is 1. The Labute approximate surface area is 160 Å². The molecule has 5 heteroatoms. The Bertz CT molecular complexity index is 726. The molecule has 0 aliphatic heterocycles. The summed E-state index contributed by atoms with van der Waals surface area (Å²) in [5.74, 6) is 1.07. The number of benzene rings is 1. The zero-order valence-electron chi connectivity index (χ0n) is 15.6. The normalized spacial score (nSPS) is 15.0. The summed E-state index contributed by atoms with van der Waals surface area (Å²) in [5.41, 5.74) is 1.50. The third-order valence-corrected chi connectivity index (χ3v) is 4.12. The van der Waals surface area contributed by atoms with Gasteiger partial charge < -0.3 is 14.4 Å². The van der Waals surface area contributed by atoms with Crippen LogP contribution in [0.1, 0.15) is 44.6 Å². The SMILES string of the molecule is C=CC(=O)OC1=CCC(=C(OO)c2ccc(OCCCCCC)cc2)C=C1. The number of esters is 1. The summed E-state index contributed by atoms with van der Waals surface area (Å²) in [7, 11) is 0. The zero-order chi connectivity index (χ0) is 19.5. The largest absolute Gasteiger partial charge is 0.494 e. The number of ether oxygens (including phenoxy) is 2. The first-order chi connectivity index (χ1) is 13.2. The summed E-state index contributed by atoms with van der Waals surface area (Å²) in [6, 6.07) is 7.39. The third-order valence-electron chi connectivity index (χ3n) is 4.12. The van der Waals surface area contributed by atoms with Gasteiger partial charge in [0.25, 0.3) is 0 Å². The van der Waals surface area contributed by atoms with E-state index in [-0.39, 0.29) is 0 Å². The maximum absolute atomic E-state index is 11.2. The van der Waals surface area contributed by atoms with Crippen LogP contribution in [0.5, 0.6) is 5.75 Å². The van der Waals surface area contributed by atoms with E-state index in [4.69, 9.17) is 9.47 Å². The predicted molar refractivity (Wildman–Crippen MR) is 105 cm³/mol. The lowest BCUT2D eigenvalue weighted by molar-refractivity contribution is -0.170. The van der Waals surface area contributed by atoms with Gasteiger partial charge in [0.2, 0.25) is 0 Å². The Morgan fingerprint density at radius 3 is 2.56 bits per heavy atom. The minimum absolute atomic E-state index is 0.353. The highest BCUT2D eigenvalue weighted by molar-refractivity contribution is 5.82. The van der Waals surface area contributed by atoms with Crippen molar-refractivity contribution in [2.45, 2.75) is 39.0 Å². The molecule has 1 N–H and O–H groups in total. The Hall–Kier alpha value is -2.79. The Kier molecular flexibility index (Phi) is 8.39. The van der Waals surface area contributed by atoms with Crippen LogP contribution in [0.2, 0.25) is 0 Å². The molecule has 1 aromatic carbocycles. The van der Waals surface area contributed by atoms with Crippen LogP contribution in [-0.4, -0.2) is 17.8 Å². The Morgan fingerprint density at radius 1 is 1.19 bits per heavy atom. The van der Waals surface area contributed by atoms with Crippen LogP contribution in [0.25, 0.3) is 5.76 Å². The van der Waals surface area contributed by atoms with E-state index in [1.54, 1.807) is 18.2 Å². The Balaban J connectivity index is 1.99. The summed E-state index contributed by atoms with van der Waals surface area (Å²) in [4.78, 5) is 15.8. The van der Waals surface area contributed by atoms with E-state index in [9.17, 15) is 10.1 Å². The molecule has 1 aliphatic carbocycles. The van der Waals surface area contributed by atoms with E-state index < -0.39 is 5.97 Å². The minimum atomic E-state index is -0.512. The lowest BCUT2D eigenvalue weighted by atomic mass is 10.0. The fraction of sp³-hybridized carbons (Fsp3) is 0.318. The van der Waals surface area contributed by atoms with Crippen molar-refractivity contribution in [2.24, 2.45) is 0 Å². The highest BCUT2D eigenvalue weighted by Gasteiger charge is 2.13. The number of carbonyl (C=O) groups excluding carboxylic acids is 1. The van der Waals surface area contributed by atoms with Gasteiger partial charge >= 0.3 is 5.97 Å². The fourth-order valence-corrected chi connectivity index (χ4v) is 2.65. The van der Waals surface area contributed by atoms with E-state index in [2.05, 4.69) is 18.4 Å². The van der Waals surface area contributed by atoms with Crippen LogP contribution in [0.4, 0.5) is 0 Å². The monoisotopic (exact) mass is 370 g/mol. The molecule has 1 aromatic rings. The highest BCUT2D eigenvalue weighted by atomic mass is 17.1. The van der Waals surface area contributed by atoms with Crippen LogP contribution < -0.4 is 4.74 Å². The maximum Gasteiger partial charge on any atom is 0.335 e. The lowest BCUT2D eigenvalue weighted by Crippen LogP contribution is -2.02. The van der Waals surface area contributed by atoms with Crippen LogP contribution in [0.3, 0.4) is 0 Å². The highest BCUT2D eigenvalue weighted by Crippen LogP contribution is 2.28. The molecule has 144 valence electrons. The fourth-order valence-electron chi connectivity index (χ4n) is 2.65. The van der Waals surface area contributed by atoms with E-state index in [1.807, 2.05) is 24.3 Å². The minimum Gasteiger partial charge on any atom is -0.494 e. The van der Waals surface area contributed by atoms with Gasteiger partial charge in [0.05, 0.1) is 6.61 Å². The van der Waals surface area contributed by atoms with Crippen molar-refractivity contribution < 1.29 is 24.4 Å². The number of unbranched alkanes of at least 4 members (excludes halogenated alkanes) is 3. The lowest BCUT2D eigenvalue weighted by Gasteiger charge is -2.13. The van der Waals surface area contributed by atoms with E-state index in [0.717, 1.165) is 29.4 Å². The second kappa shape index (κ2) is 11.0. The van der Waals surface area contributed by atoms with E-state index in [1.165, 1.54) is 19.3 Å². The molecule has 5 nitrogen and oxygen atoms in total. The second-order valence-electron chi connectivity index (χ2n) is 6.15. The molecule has 0 saturated heterocycles. The summed E-state index contributed by atoms with van der Waals surface area (Å²) in [6.07, 6.45) is 11.3. The molecule has 0 fully saturated rings. The summed E-state index contributed by atoms with van der Waals surface area (Å²) in [5, 5.41) is 9.33. The van der Waals surface area contributed by atoms with Gasteiger partial charge in [-0.3, -0.25) is 0 Å². The molecule has 0 heterocycles. The Morgan fingerprint density at radius 2 is 1.96 bits per heavy atom. The number of hydrogen-bond acceptors (Lipinski definition) is 5. The number of rotatable bonds is 10. The molecule has 0 unspecified atom stereocenters. The first-order valence-corrected chi connectivity index (χ1v) is 9.18. The van der Waals surface area contributed by atoms with Gasteiger partial charge in [-0.1, -0.05) is 38.8 Å². The van der Waals surface area contributed by atoms with Gasteiger partial charge in [-0.15, -0.1) is 0 Å². The molecule has 0 atom stereocenters. The van der Waals surface area contributed by atoms with Gasteiger partial charge in [0.15, 0.2) is 5.76 Å². The van der Waals surface area contributed by atoms with E-state index >= 15 is 0 Å². The predicted octanol–water partition coefficient (Wildman–Crippen LogP) is 5.42. The van der Waals surface area contributed by atoms with Gasteiger partial charge in [0, 0.05) is 17.2 Å². The number of allylic oxidation sites excluding steroid dienone is 4. The van der Waals surface area contributed by atoms with E-state index in [0.29, 0.717) is 24.5 Å². The zero-order valence-corrected chi connectivity index (χ0v) is 15.6. The van der Waals surface area contributed by atoms with Crippen molar-refractivity contribution in [3.8, 4) is 5.75 Å². The third kappa shape index (κ3) is 6.46. The molecule has 0 bridgehead atoms. The molecule has 1 aliphatic rings. The first-order valence-electron chi connectivity index (χ1n) is 9.18. The second-order valence-corrected chi connectivity index (χ2v) is 6.15. The van der Waals surface area contributed by atoms with Crippen LogP contribution in [-0.2, 0) is 14.4 Å². The average Bonchev–Trinajstić information content (AvgIpc) is 2.70. The average molecular weight is 370 g/mol. The maximum atomic E-state index is 11.2. The van der Waals surface area contributed by atoms with Crippen LogP contribution in [0, 0.1) is 0 Å². The smallest absolute Gasteiger partial charge is 0.335 e. The molecule has 27 heavy (non-hydrogen) atoms. The van der Waals surface area contributed by atoms with Gasteiger partial charge in [-0.25, -0.2) is 10.1 Å². The molecular weight excluding hydrogens is 344 g/mol. The molecule has 0 aromatic heterocycles. The molecular formula is C22H26O5. The summed E-state index contributed by atoms with van der Waals surface area (Å²) < 4.78 is 10.8. The molecule has 2 rings (SSSR count). The molecule has 0 radical (unpaired) electrons. The topological polar surface area (TPSA) is 65.0 Å². The molecule has 0 saturated carbocycles. The van der Waals surface area contributed by atoms with Crippen LogP contribution >= 0.6 is 0 Å². The molecule has 0 spiro atoms. The van der Waals surface area contributed by atoms with Crippen molar-refractivity contribution in [3.63, 3.8) is 0 Å². The standard InChI is InChI=1S/C22H26O5/c1-3-5-6-7-16-25-19-12-8-17(9-13-19)22(27-24)18-10-14-20(15-11-18)26-21(23)4-2/h4,8-10,12-15,24H,2-3,5-7,11,16H2,1H3. The number of carbonyl (C=O) groups is 1. The van der Waals surface area contributed by atoms with Crippen molar-refractivity contribution >= 4 is 11.7 Å². The van der Waals surface area contributed by atoms with Gasteiger partial charge in [0.1, 0.15) is 11.5 Å². The van der Waals surface area contributed by atoms with Crippen molar-refractivity contribution in [2.75, 3.05) is 6.61 Å². The van der Waals surface area contributed by atoms with Crippen molar-refractivity contribution in [1.29, 1.82) is 0 Å². The van der Waals surface area contributed by atoms with Crippen LogP contribution in [0.15, 0.2) is 66.5 Å². The summed E-state index contributed by atoms with van der Waals surface area (Å²) in [6.45, 7) is 6.24. The first kappa shape index (κ1) is 20.5. The van der Waals surface area contributed by atoms with Crippen molar-refractivity contribution in [1.82, 2.24) is 0 Å². The quantitative estimate of drug-likeness (QED) is 0.149. The van der Waals surface area contributed by atoms with Gasteiger partial charge in [-0.2, -0.15) is 0 Å². The summed E-state index contributed by atoms with van der Waals surface area (Å²) >= 11 is 0.